The van der Waals surface area contributed by atoms with Gasteiger partial charge >= 0.3 is 0 Å². The van der Waals surface area contributed by atoms with Crippen LogP contribution in [0, 0.1) is 0 Å². The largest absolute Gasteiger partial charge is 0.328 e. The monoisotopic (exact) mass is 512 g/mol. The van der Waals surface area contributed by atoms with Gasteiger partial charge in [-0.05, 0) is 75.1 Å². The highest BCUT2D eigenvalue weighted by molar-refractivity contribution is 8.01. The molecule has 1 aliphatic rings. The molecule has 1 saturated heterocycles. The average molecular weight is 513 g/mol. The van der Waals surface area contributed by atoms with Gasteiger partial charge in [0.2, 0.25) is 17.7 Å². The predicted octanol–water partition coefficient (Wildman–Crippen LogP) is 3.33. The summed E-state index contributed by atoms with van der Waals surface area (Å²) < 4.78 is 3.21. The molecule has 0 saturated carbocycles. The number of anilines is 3. The van der Waals surface area contributed by atoms with Gasteiger partial charge < -0.3 is 30.9 Å². The quantitative estimate of drug-likeness (QED) is 0.254. The van der Waals surface area contributed by atoms with Gasteiger partial charge in [-0.3, -0.25) is 14.4 Å². The third kappa shape index (κ3) is 8.25. The van der Waals surface area contributed by atoms with Gasteiger partial charge in [-0.15, -0.1) is 0 Å². The molecule has 0 aliphatic carbocycles. The first-order valence-corrected chi connectivity index (χ1v) is 13.2. The Balaban J connectivity index is 1.62. The van der Waals surface area contributed by atoms with E-state index in [1.54, 1.807) is 17.0 Å². The summed E-state index contributed by atoms with van der Waals surface area (Å²) in [5.74, 6) is -0.601. The summed E-state index contributed by atoms with van der Waals surface area (Å²) in [6.07, 6.45) is 2.85. The van der Waals surface area contributed by atoms with Crippen molar-refractivity contribution in [3.05, 3.63) is 54.6 Å². The molecule has 194 valence electrons. The number of rotatable bonds is 12. The highest BCUT2D eigenvalue weighted by Gasteiger charge is 2.32. The van der Waals surface area contributed by atoms with Crippen molar-refractivity contribution < 1.29 is 14.4 Å². The Kier molecular flexibility index (Phi) is 10.6. The molecule has 3 rings (SSSR count). The fraction of sp³-hybridized carbons (Fsp3) is 0.423. The number of amides is 3. The van der Waals surface area contributed by atoms with Crippen LogP contribution in [0.2, 0.25) is 0 Å². The first-order valence-electron chi connectivity index (χ1n) is 12.3. The topological polar surface area (TPSA) is 120 Å². The molecule has 2 aromatic rings. The number of hydrogen-bond acceptors (Lipinski definition) is 7. The molecule has 5 N–H and O–H groups in total. The number of nitrogens with two attached hydrogens (primary N) is 1. The Labute approximate surface area is 217 Å². The summed E-state index contributed by atoms with van der Waals surface area (Å²) >= 11 is 1.19. The molecule has 0 aromatic heterocycles. The molecule has 2 aromatic carbocycles. The Morgan fingerprint density at radius 1 is 1.00 bits per heavy atom. The van der Waals surface area contributed by atoms with Crippen LogP contribution in [0.1, 0.15) is 33.1 Å². The van der Waals surface area contributed by atoms with E-state index in [1.165, 1.54) is 31.7 Å². The molecule has 1 heterocycles. The van der Waals surface area contributed by atoms with E-state index in [4.69, 9.17) is 5.73 Å². The number of likely N-dealkylation sites (tertiary alicyclic amines) is 1. The molecule has 3 amide bonds. The van der Waals surface area contributed by atoms with E-state index < -0.39 is 11.4 Å². The summed E-state index contributed by atoms with van der Waals surface area (Å²) in [7, 11) is 0. The zero-order chi connectivity index (χ0) is 25.9. The van der Waals surface area contributed by atoms with Crippen LogP contribution >= 0.6 is 11.9 Å². The molecule has 10 heteroatoms. The maximum absolute atomic E-state index is 12.9. The minimum Gasteiger partial charge on any atom is -0.328 e. The standard InChI is InChI=1S/C26H36N6O3S/c1-3-32(19(2)33)26(24(27)25(35)29-20-10-5-4-6-11-20)36-30-22-13-9-12-21(18-22)28-23(34)14-17-31-15-7-8-16-31/h4-6,9-13,18,24,26,30H,3,7-8,14-17,27H2,1-2H3,(H,28,34)(H,29,35)/t24-,26?/m1/s1. The minimum absolute atomic E-state index is 0.0297. The van der Waals surface area contributed by atoms with Crippen molar-refractivity contribution in [3.8, 4) is 0 Å². The van der Waals surface area contributed by atoms with Gasteiger partial charge in [0.05, 0.1) is 0 Å². The molecular weight excluding hydrogens is 476 g/mol. The van der Waals surface area contributed by atoms with E-state index in [9.17, 15) is 14.4 Å². The predicted molar refractivity (Wildman–Crippen MR) is 146 cm³/mol. The molecule has 0 radical (unpaired) electrons. The van der Waals surface area contributed by atoms with Crippen molar-refractivity contribution >= 4 is 46.7 Å². The van der Waals surface area contributed by atoms with E-state index >= 15 is 0 Å². The van der Waals surface area contributed by atoms with Crippen molar-refractivity contribution in [2.24, 2.45) is 5.73 Å². The van der Waals surface area contributed by atoms with Gasteiger partial charge in [0.25, 0.3) is 0 Å². The maximum Gasteiger partial charge on any atom is 0.244 e. The third-order valence-electron chi connectivity index (χ3n) is 6.00. The summed E-state index contributed by atoms with van der Waals surface area (Å²) in [6, 6.07) is 15.4. The van der Waals surface area contributed by atoms with Crippen LogP contribution < -0.4 is 21.1 Å². The van der Waals surface area contributed by atoms with Gasteiger partial charge in [-0.1, -0.05) is 24.3 Å². The molecular formula is C26H36N6O3S. The van der Waals surface area contributed by atoms with Crippen LogP contribution in [0.3, 0.4) is 0 Å². The fourth-order valence-corrected chi connectivity index (χ4v) is 5.15. The van der Waals surface area contributed by atoms with E-state index in [0.717, 1.165) is 25.3 Å². The molecule has 1 aliphatic heterocycles. The number of carbonyl (C=O) groups excluding carboxylic acids is 3. The normalized spacial score (nSPS) is 15.1. The molecule has 36 heavy (non-hydrogen) atoms. The van der Waals surface area contributed by atoms with Crippen LogP contribution in [0.5, 0.6) is 0 Å². The average Bonchev–Trinajstić information content (AvgIpc) is 3.39. The Morgan fingerprint density at radius 3 is 2.33 bits per heavy atom. The number of nitrogens with one attached hydrogen (secondary N) is 3. The SMILES string of the molecule is CCN(C(C)=O)C(SNc1cccc(NC(=O)CCN2CCCC2)c1)[C@H](N)C(=O)Nc1ccccc1. The van der Waals surface area contributed by atoms with Crippen LogP contribution in [-0.4, -0.2) is 65.1 Å². The Bertz CT molecular complexity index is 1020. The Hall–Kier alpha value is -3.08. The lowest BCUT2D eigenvalue weighted by Crippen LogP contribution is -2.53. The van der Waals surface area contributed by atoms with Crippen LogP contribution in [0.25, 0.3) is 0 Å². The highest BCUT2D eigenvalue weighted by Crippen LogP contribution is 2.25. The van der Waals surface area contributed by atoms with Gasteiger partial charge in [0, 0.05) is 43.5 Å². The van der Waals surface area contributed by atoms with E-state index in [-0.39, 0.29) is 17.7 Å². The van der Waals surface area contributed by atoms with Crippen LogP contribution in [-0.2, 0) is 14.4 Å². The molecule has 9 nitrogen and oxygen atoms in total. The molecule has 2 atom stereocenters. The molecule has 1 fully saturated rings. The number of likely N-dealkylation sites (N-methyl/N-ethyl adjacent to an activating group) is 1. The summed E-state index contributed by atoms with van der Waals surface area (Å²) in [6.45, 7) is 6.58. The number of nitrogens with zero attached hydrogens (tertiary/aromatic N) is 2. The van der Waals surface area contributed by atoms with Gasteiger partial charge in [-0.25, -0.2) is 0 Å². The van der Waals surface area contributed by atoms with E-state index in [0.29, 0.717) is 24.3 Å². The van der Waals surface area contributed by atoms with Crippen LogP contribution in [0.15, 0.2) is 54.6 Å². The number of para-hydroxylation sites is 1. The molecule has 0 bridgehead atoms. The maximum atomic E-state index is 12.9. The van der Waals surface area contributed by atoms with Gasteiger partial charge in [-0.2, -0.15) is 0 Å². The van der Waals surface area contributed by atoms with E-state index in [1.807, 2.05) is 49.4 Å². The van der Waals surface area contributed by atoms with Crippen molar-refractivity contribution in [3.63, 3.8) is 0 Å². The van der Waals surface area contributed by atoms with E-state index in [2.05, 4.69) is 20.3 Å². The fourth-order valence-electron chi connectivity index (χ4n) is 4.07. The second-order valence-electron chi connectivity index (χ2n) is 8.72. The van der Waals surface area contributed by atoms with Crippen LogP contribution in [0.4, 0.5) is 17.1 Å². The number of carbonyl (C=O) groups is 3. The highest BCUT2D eigenvalue weighted by atomic mass is 32.2. The smallest absolute Gasteiger partial charge is 0.244 e. The number of hydrogen-bond donors (Lipinski definition) is 4. The van der Waals surface area contributed by atoms with Crippen molar-refractivity contribution in [1.29, 1.82) is 0 Å². The van der Waals surface area contributed by atoms with Crippen molar-refractivity contribution in [2.45, 2.75) is 44.5 Å². The first-order chi connectivity index (χ1) is 17.4. The summed E-state index contributed by atoms with van der Waals surface area (Å²) in [4.78, 5) is 41.4. The van der Waals surface area contributed by atoms with Gasteiger partial charge in [0.1, 0.15) is 11.4 Å². The lowest BCUT2D eigenvalue weighted by atomic mass is 10.2. The zero-order valence-corrected chi connectivity index (χ0v) is 21.7. The second kappa shape index (κ2) is 13.9. The first kappa shape index (κ1) is 27.5. The van der Waals surface area contributed by atoms with Crippen molar-refractivity contribution in [2.75, 3.05) is 41.5 Å². The summed E-state index contributed by atoms with van der Waals surface area (Å²) in [5.41, 5.74) is 8.37. The second-order valence-corrected chi connectivity index (χ2v) is 9.65. The zero-order valence-electron chi connectivity index (χ0n) is 20.9. The van der Waals surface area contributed by atoms with Crippen molar-refractivity contribution in [1.82, 2.24) is 9.80 Å². The minimum atomic E-state index is -0.986. The number of benzene rings is 2. The lowest BCUT2D eigenvalue weighted by molar-refractivity contribution is -0.130. The third-order valence-corrected chi connectivity index (χ3v) is 7.14. The van der Waals surface area contributed by atoms with Gasteiger partial charge in [0.15, 0.2) is 0 Å². The lowest BCUT2D eigenvalue weighted by Gasteiger charge is -2.33. The molecule has 1 unspecified atom stereocenters. The molecule has 0 spiro atoms. The Morgan fingerprint density at radius 2 is 1.67 bits per heavy atom. The summed E-state index contributed by atoms with van der Waals surface area (Å²) in [5, 5.41) is 5.10.